The molecule has 0 atom stereocenters. The number of carbonyl (C=O) groups excluding carboxylic acids is 1. The minimum absolute atomic E-state index is 0.0566. The summed E-state index contributed by atoms with van der Waals surface area (Å²) in [6.45, 7) is 2.58. The number of rotatable bonds is 6. The summed E-state index contributed by atoms with van der Waals surface area (Å²) in [5, 5.41) is 0. The molecule has 1 heterocycles. The van der Waals surface area contributed by atoms with Crippen LogP contribution in [0.3, 0.4) is 0 Å². The highest BCUT2D eigenvalue weighted by molar-refractivity contribution is 7.89. The number of amides is 1. The average molecular weight is 380 g/mol. The van der Waals surface area contributed by atoms with Crippen molar-refractivity contribution in [3.63, 3.8) is 0 Å². The lowest BCUT2D eigenvalue weighted by Crippen LogP contribution is -2.58. The second-order valence-electron chi connectivity index (χ2n) is 7.55. The maximum atomic E-state index is 12.7. The molecule has 1 aromatic carbocycles. The van der Waals surface area contributed by atoms with Gasteiger partial charge in [0.05, 0.1) is 4.90 Å². The first-order valence-electron chi connectivity index (χ1n) is 9.58. The number of nitrogens with zero attached hydrogens (tertiary/aromatic N) is 1. The van der Waals surface area contributed by atoms with Crippen LogP contribution >= 0.6 is 0 Å². The number of piperidine rings is 1. The van der Waals surface area contributed by atoms with E-state index in [1.54, 1.807) is 0 Å². The molecule has 3 rings (SSSR count). The van der Waals surface area contributed by atoms with E-state index in [0.717, 1.165) is 38.8 Å². The molecule has 1 aromatic rings. The molecule has 1 saturated carbocycles. The molecule has 0 spiro atoms. The molecule has 0 bridgehead atoms. The SMILES string of the molecule is NC(=O)c1ccc(S(=O)(=O)NCC2(N3CCCCC3)CCCCC2)cc1. The number of likely N-dealkylation sites (tertiary alicyclic amines) is 1. The summed E-state index contributed by atoms with van der Waals surface area (Å²) >= 11 is 0. The molecular weight excluding hydrogens is 350 g/mol. The Labute approximate surface area is 156 Å². The maximum absolute atomic E-state index is 12.7. The number of carbonyl (C=O) groups is 1. The highest BCUT2D eigenvalue weighted by Gasteiger charge is 2.39. The van der Waals surface area contributed by atoms with Gasteiger partial charge < -0.3 is 5.73 Å². The molecule has 6 nitrogen and oxygen atoms in total. The van der Waals surface area contributed by atoms with E-state index < -0.39 is 15.9 Å². The van der Waals surface area contributed by atoms with E-state index in [0.29, 0.717) is 12.1 Å². The largest absolute Gasteiger partial charge is 0.366 e. The number of hydrogen-bond donors (Lipinski definition) is 2. The number of nitrogens with one attached hydrogen (secondary N) is 1. The van der Waals surface area contributed by atoms with Gasteiger partial charge in [-0.05, 0) is 63.0 Å². The van der Waals surface area contributed by atoms with Crippen LogP contribution in [-0.4, -0.2) is 44.4 Å². The third kappa shape index (κ3) is 4.27. The van der Waals surface area contributed by atoms with Crippen LogP contribution in [0.25, 0.3) is 0 Å². The van der Waals surface area contributed by atoms with Crippen LogP contribution in [-0.2, 0) is 10.0 Å². The Bertz CT molecular complexity index is 719. The molecule has 3 N–H and O–H groups in total. The smallest absolute Gasteiger partial charge is 0.248 e. The van der Waals surface area contributed by atoms with Crippen molar-refractivity contribution < 1.29 is 13.2 Å². The number of hydrogen-bond acceptors (Lipinski definition) is 4. The van der Waals surface area contributed by atoms with Gasteiger partial charge in [-0.15, -0.1) is 0 Å². The molecule has 0 unspecified atom stereocenters. The second kappa shape index (κ2) is 8.06. The van der Waals surface area contributed by atoms with Gasteiger partial charge in [-0.3, -0.25) is 9.69 Å². The topological polar surface area (TPSA) is 92.5 Å². The zero-order valence-corrected chi connectivity index (χ0v) is 16.1. The Morgan fingerprint density at radius 3 is 2.15 bits per heavy atom. The Morgan fingerprint density at radius 1 is 1.00 bits per heavy atom. The van der Waals surface area contributed by atoms with E-state index in [2.05, 4.69) is 9.62 Å². The summed E-state index contributed by atoms with van der Waals surface area (Å²) in [5.74, 6) is -0.562. The minimum atomic E-state index is -3.61. The molecule has 1 aliphatic carbocycles. The zero-order valence-electron chi connectivity index (χ0n) is 15.2. The van der Waals surface area contributed by atoms with Gasteiger partial charge in [0.15, 0.2) is 0 Å². The van der Waals surface area contributed by atoms with Crippen LogP contribution in [0, 0.1) is 0 Å². The highest BCUT2D eigenvalue weighted by atomic mass is 32.2. The summed E-state index contributed by atoms with van der Waals surface area (Å²) < 4.78 is 28.3. The first kappa shape index (κ1) is 19.3. The van der Waals surface area contributed by atoms with E-state index in [9.17, 15) is 13.2 Å². The predicted molar refractivity (Wildman–Crippen MR) is 101 cm³/mol. The number of benzene rings is 1. The molecular formula is C19H29N3O3S. The van der Waals surface area contributed by atoms with Crippen LogP contribution in [0.1, 0.15) is 61.7 Å². The second-order valence-corrected chi connectivity index (χ2v) is 9.31. The summed E-state index contributed by atoms with van der Waals surface area (Å²) in [6.07, 6.45) is 9.32. The van der Waals surface area contributed by atoms with Gasteiger partial charge in [0.25, 0.3) is 0 Å². The van der Waals surface area contributed by atoms with Gasteiger partial charge in [0, 0.05) is 17.6 Å². The predicted octanol–water partition coefficient (Wildman–Crippen LogP) is 2.25. The van der Waals surface area contributed by atoms with Gasteiger partial charge in [0.1, 0.15) is 0 Å². The standard InChI is InChI=1S/C19H29N3O3S/c20-18(23)16-7-9-17(10-8-16)26(24,25)21-15-19(11-3-1-4-12-19)22-13-5-2-6-14-22/h7-10,21H,1-6,11-15H2,(H2,20,23). The Balaban J connectivity index is 1.73. The lowest BCUT2D eigenvalue weighted by atomic mass is 9.79. The van der Waals surface area contributed by atoms with Crippen LogP contribution in [0.5, 0.6) is 0 Å². The zero-order chi connectivity index (χ0) is 18.6. The third-order valence-corrected chi connectivity index (χ3v) is 7.27. The van der Waals surface area contributed by atoms with Gasteiger partial charge in [-0.25, -0.2) is 13.1 Å². The fourth-order valence-corrected chi connectivity index (χ4v) is 5.41. The van der Waals surface area contributed by atoms with Gasteiger partial charge >= 0.3 is 0 Å². The molecule has 2 fully saturated rings. The van der Waals surface area contributed by atoms with Crippen molar-refractivity contribution in [1.82, 2.24) is 9.62 Å². The van der Waals surface area contributed by atoms with E-state index >= 15 is 0 Å². The van der Waals surface area contributed by atoms with Crippen molar-refractivity contribution in [2.24, 2.45) is 5.73 Å². The fourth-order valence-electron chi connectivity index (χ4n) is 4.29. The van der Waals surface area contributed by atoms with Crippen molar-refractivity contribution in [2.45, 2.75) is 61.8 Å². The lowest BCUT2D eigenvalue weighted by Gasteiger charge is -2.48. The van der Waals surface area contributed by atoms with Crippen molar-refractivity contribution in [2.75, 3.05) is 19.6 Å². The Morgan fingerprint density at radius 2 is 1.58 bits per heavy atom. The van der Waals surface area contributed by atoms with Crippen LogP contribution in [0.2, 0.25) is 0 Å². The third-order valence-electron chi connectivity index (χ3n) is 5.85. The van der Waals surface area contributed by atoms with Gasteiger partial charge in [-0.2, -0.15) is 0 Å². The molecule has 144 valence electrons. The lowest BCUT2D eigenvalue weighted by molar-refractivity contribution is 0.0376. The van der Waals surface area contributed by atoms with E-state index in [1.807, 2.05) is 0 Å². The summed E-state index contributed by atoms with van der Waals surface area (Å²) in [6, 6.07) is 5.80. The molecule has 0 radical (unpaired) electrons. The first-order chi connectivity index (χ1) is 12.4. The van der Waals surface area contributed by atoms with Crippen molar-refractivity contribution in [3.05, 3.63) is 29.8 Å². The number of primary amides is 1. The summed E-state index contributed by atoms with van der Waals surface area (Å²) in [4.78, 5) is 13.9. The highest BCUT2D eigenvalue weighted by Crippen LogP contribution is 2.35. The van der Waals surface area contributed by atoms with Crippen molar-refractivity contribution in [1.29, 1.82) is 0 Å². The molecule has 1 saturated heterocycles. The molecule has 1 aliphatic heterocycles. The maximum Gasteiger partial charge on any atom is 0.248 e. The number of nitrogens with two attached hydrogens (primary N) is 1. The normalized spacial score (nSPS) is 21.4. The van der Waals surface area contributed by atoms with Crippen LogP contribution < -0.4 is 10.5 Å². The van der Waals surface area contributed by atoms with E-state index in [-0.39, 0.29) is 10.4 Å². The summed E-state index contributed by atoms with van der Waals surface area (Å²) in [7, 11) is -3.61. The molecule has 26 heavy (non-hydrogen) atoms. The quantitative estimate of drug-likeness (QED) is 0.793. The number of sulfonamides is 1. The van der Waals surface area contributed by atoms with Crippen molar-refractivity contribution in [3.8, 4) is 0 Å². The average Bonchev–Trinajstić information content (AvgIpc) is 2.68. The van der Waals surface area contributed by atoms with Crippen LogP contribution in [0.4, 0.5) is 0 Å². The first-order valence-corrected chi connectivity index (χ1v) is 11.1. The van der Waals surface area contributed by atoms with Crippen LogP contribution in [0.15, 0.2) is 29.2 Å². The Kier molecular flexibility index (Phi) is 5.99. The van der Waals surface area contributed by atoms with E-state index in [1.165, 1.54) is 49.9 Å². The molecule has 0 aromatic heterocycles. The molecule has 1 amide bonds. The molecule has 2 aliphatic rings. The van der Waals surface area contributed by atoms with Gasteiger partial charge in [0.2, 0.25) is 15.9 Å². The fraction of sp³-hybridized carbons (Fsp3) is 0.632. The Hall–Kier alpha value is -1.44. The van der Waals surface area contributed by atoms with E-state index in [4.69, 9.17) is 5.73 Å². The minimum Gasteiger partial charge on any atom is -0.366 e. The monoisotopic (exact) mass is 379 g/mol. The van der Waals surface area contributed by atoms with Gasteiger partial charge in [-0.1, -0.05) is 25.7 Å². The summed E-state index contributed by atoms with van der Waals surface area (Å²) in [5.41, 5.74) is 5.47. The van der Waals surface area contributed by atoms with Crippen molar-refractivity contribution >= 4 is 15.9 Å². The molecule has 7 heteroatoms.